The van der Waals surface area contributed by atoms with Crippen molar-refractivity contribution in [1.29, 1.82) is 0 Å². The second-order valence-corrected chi connectivity index (χ2v) is 6.11. The average molecular weight is 250 g/mol. The van der Waals surface area contributed by atoms with Crippen molar-refractivity contribution in [2.24, 2.45) is 5.92 Å². The van der Waals surface area contributed by atoms with Crippen LogP contribution in [0.5, 0.6) is 0 Å². The highest BCUT2D eigenvalue weighted by Gasteiger charge is 2.29. The number of rotatable bonds is 2. The summed E-state index contributed by atoms with van der Waals surface area (Å²) in [5, 5.41) is 13.7. The Bertz CT molecular complexity index is 396. The SMILES string of the molecule is CC1CCC(c2noc(C3CCC(O)CC3)n2)C1. The van der Waals surface area contributed by atoms with Crippen LogP contribution in [0.4, 0.5) is 0 Å². The van der Waals surface area contributed by atoms with Crippen LogP contribution in [0, 0.1) is 5.92 Å². The molecule has 4 heteroatoms. The normalized spacial score (nSPS) is 37.0. The third-order valence-corrected chi connectivity index (χ3v) is 4.56. The van der Waals surface area contributed by atoms with Crippen molar-refractivity contribution in [3.8, 4) is 0 Å². The number of nitrogens with zero attached hydrogens (tertiary/aromatic N) is 2. The van der Waals surface area contributed by atoms with Crippen LogP contribution >= 0.6 is 0 Å². The molecule has 4 nitrogen and oxygen atoms in total. The van der Waals surface area contributed by atoms with Gasteiger partial charge in [0.25, 0.3) is 0 Å². The first-order chi connectivity index (χ1) is 8.72. The van der Waals surface area contributed by atoms with Crippen molar-refractivity contribution in [2.45, 2.75) is 69.8 Å². The molecule has 0 bridgehead atoms. The zero-order valence-electron chi connectivity index (χ0n) is 11.0. The number of aliphatic hydroxyl groups excluding tert-OH is 1. The molecule has 1 aromatic rings. The van der Waals surface area contributed by atoms with E-state index in [0.717, 1.165) is 43.3 Å². The zero-order valence-corrected chi connectivity index (χ0v) is 11.0. The lowest BCUT2D eigenvalue weighted by molar-refractivity contribution is 0.116. The molecular weight excluding hydrogens is 228 g/mol. The van der Waals surface area contributed by atoms with Crippen LogP contribution in [0.2, 0.25) is 0 Å². The lowest BCUT2D eigenvalue weighted by atomic mass is 9.87. The van der Waals surface area contributed by atoms with E-state index in [0.29, 0.717) is 11.8 Å². The monoisotopic (exact) mass is 250 g/mol. The predicted octanol–water partition coefficient (Wildman–Crippen LogP) is 2.99. The van der Waals surface area contributed by atoms with Gasteiger partial charge >= 0.3 is 0 Å². The van der Waals surface area contributed by atoms with E-state index >= 15 is 0 Å². The molecule has 1 N–H and O–H groups in total. The van der Waals surface area contributed by atoms with Crippen LogP contribution in [-0.4, -0.2) is 21.4 Å². The standard InChI is InChI=1S/C14H22N2O2/c1-9-2-3-11(8-9)13-15-14(18-16-13)10-4-6-12(17)7-5-10/h9-12,17H,2-8H2,1H3. The van der Waals surface area contributed by atoms with Gasteiger partial charge in [-0.05, 0) is 50.9 Å². The molecular formula is C14H22N2O2. The Kier molecular flexibility index (Phi) is 3.37. The fourth-order valence-electron chi connectivity index (χ4n) is 3.34. The molecule has 2 saturated carbocycles. The van der Waals surface area contributed by atoms with Crippen LogP contribution in [0.3, 0.4) is 0 Å². The summed E-state index contributed by atoms with van der Waals surface area (Å²) in [6, 6.07) is 0. The summed E-state index contributed by atoms with van der Waals surface area (Å²) >= 11 is 0. The minimum atomic E-state index is -0.126. The van der Waals surface area contributed by atoms with E-state index in [4.69, 9.17) is 4.52 Å². The molecule has 2 aliphatic carbocycles. The van der Waals surface area contributed by atoms with Gasteiger partial charge in [0.2, 0.25) is 5.89 Å². The summed E-state index contributed by atoms with van der Waals surface area (Å²) in [6.45, 7) is 2.30. The Labute approximate surface area is 108 Å². The van der Waals surface area contributed by atoms with Gasteiger partial charge in [0, 0.05) is 11.8 Å². The summed E-state index contributed by atoms with van der Waals surface area (Å²) < 4.78 is 5.44. The van der Waals surface area contributed by atoms with Crippen molar-refractivity contribution >= 4 is 0 Å². The summed E-state index contributed by atoms with van der Waals surface area (Å²) in [5.74, 6) is 3.39. The first-order valence-corrected chi connectivity index (χ1v) is 7.24. The number of hydrogen-bond donors (Lipinski definition) is 1. The second kappa shape index (κ2) is 5.00. The maximum atomic E-state index is 9.51. The molecule has 0 aliphatic heterocycles. The zero-order chi connectivity index (χ0) is 12.5. The van der Waals surface area contributed by atoms with E-state index in [2.05, 4.69) is 17.1 Å². The summed E-state index contributed by atoms with van der Waals surface area (Å²) in [5.41, 5.74) is 0. The molecule has 2 aliphatic rings. The van der Waals surface area contributed by atoms with E-state index in [9.17, 15) is 5.11 Å². The molecule has 2 unspecified atom stereocenters. The van der Waals surface area contributed by atoms with Gasteiger partial charge in [-0.15, -0.1) is 0 Å². The fraction of sp³-hybridized carbons (Fsp3) is 0.857. The summed E-state index contributed by atoms with van der Waals surface area (Å²) in [6.07, 6.45) is 7.23. The molecule has 3 rings (SSSR count). The van der Waals surface area contributed by atoms with Gasteiger partial charge in [-0.3, -0.25) is 0 Å². The van der Waals surface area contributed by atoms with Crippen LogP contribution in [0.25, 0.3) is 0 Å². The molecule has 1 heterocycles. The predicted molar refractivity (Wildman–Crippen MR) is 67.3 cm³/mol. The highest BCUT2D eigenvalue weighted by Crippen LogP contribution is 2.38. The molecule has 0 radical (unpaired) electrons. The maximum Gasteiger partial charge on any atom is 0.229 e. The first kappa shape index (κ1) is 12.2. The number of hydrogen-bond acceptors (Lipinski definition) is 4. The molecule has 0 saturated heterocycles. The van der Waals surface area contributed by atoms with Crippen molar-refractivity contribution in [2.75, 3.05) is 0 Å². The smallest absolute Gasteiger partial charge is 0.229 e. The molecule has 0 spiro atoms. The first-order valence-electron chi connectivity index (χ1n) is 7.24. The van der Waals surface area contributed by atoms with E-state index in [1.165, 1.54) is 19.3 Å². The Morgan fingerprint density at radius 2 is 1.78 bits per heavy atom. The van der Waals surface area contributed by atoms with Crippen LogP contribution in [0.15, 0.2) is 4.52 Å². The summed E-state index contributed by atoms with van der Waals surface area (Å²) in [4.78, 5) is 4.62. The number of aromatic nitrogens is 2. The third-order valence-electron chi connectivity index (χ3n) is 4.56. The molecule has 2 fully saturated rings. The van der Waals surface area contributed by atoms with Gasteiger partial charge in [0.05, 0.1) is 6.10 Å². The Morgan fingerprint density at radius 3 is 2.44 bits per heavy atom. The molecule has 1 aromatic heterocycles. The summed E-state index contributed by atoms with van der Waals surface area (Å²) in [7, 11) is 0. The minimum absolute atomic E-state index is 0.126. The fourth-order valence-corrected chi connectivity index (χ4v) is 3.34. The molecule has 100 valence electrons. The van der Waals surface area contributed by atoms with Crippen molar-refractivity contribution < 1.29 is 9.63 Å². The van der Waals surface area contributed by atoms with Gasteiger partial charge in [-0.2, -0.15) is 4.98 Å². The Hall–Kier alpha value is -0.900. The van der Waals surface area contributed by atoms with E-state index in [-0.39, 0.29) is 6.10 Å². The third kappa shape index (κ3) is 2.44. The largest absolute Gasteiger partial charge is 0.393 e. The van der Waals surface area contributed by atoms with Gasteiger partial charge in [0.1, 0.15) is 0 Å². The van der Waals surface area contributed by atoms with E-state index in [1.807, 2.05) is 0 Å². The van der Waals surface area contributed by atoms with Crippen molar-refractivity contribution in [1.82, 2.24) is 10.1 Å². The minimum Gasteiger partial charge on any atom is -0.393 e. The Balaban J connectivity index is 1.66. The molecule has 18 heavy (non-hydrogen) atoms. The van der Waals surface area contributed by atoms with Gasteiger partial charge in [-0.25, -0.2) is 0 Å². The quantitative estimate of drug-likeness (QED) is 0.876. The van der Waals surface area contributed by atoms with Crippen molar-refractivity contribution in [3.63, 3.8) is 0 Å². The van der Waals surface area contributed by atoms with E-state index < -0.39 is 0 Å². The van der Waals surface area contributed by atoms with Crippen LogP contribution < -0.4 is 0 Å². The highest BCUT2D eigenvalue weighted by atomic mass is 16.5. The number of aliphatic hydroxyl groups is 1. The van der Waals surface area contributed by atoms with Gasteiger partial charge < -0.3 is 9.63 Å². The highest BCUT2D eigenvalue weighted by molar-refractivity contribution is 5.02. The lowest BCUT2D eigenvalue weighted by Gasteiger charge is -2.22. The molecule has 2 atom stereocenters. The molecule has 0 amide bonds. The second-order valence-electron chi connectivity index (χ2n) is 6.11. The van der Waals surface area contributed by atoms with Crippen LogP contribution in [0.1, 0.15) is 75.4 Å². The lowest BCUT2D eigenvalue weighted by Crippen LogP contribution is -2.17. The average Bonchev–Trinajstić information content (AvgIpc) is 2.98. The Morgan fingerprint density at radius 1 is 1.06 bits per heavy atom. The topological polar surface area (TPSA) is 59.2 Å². The van der Waals surface area contributed by atoms with Crippen molar-refractivity contribution in [3.05, 3.63) is 11.7 Å². The van der Waals surface area contributed by atoms with Gasteiger partial charge in [0.15, 0.2) is 5.82 Å². The maximum absolute atomic E-state index is 9.51. The van der Waals surface area contributed by atoms with E-state index in [1.54, 1.807) is 0 Å². The van der Waals surface area contributed by atoms with Crippen LogP contribution in [-0.2, 0) is 0 Å². The van der Waals surface area contributed by atoms with Gasteiger partial charge in [-0.1, -0.05) is 12.1 Å². The molecule has 0 aromatic carbocycles.